The van der Waals surface area contributed by atoms with Gasteiger partial charge in [-0.05, 0) is 24.3 Å². The van der Waals surface area contributed by atoms with Crippen molar-refractivity contribution in [2.45, 2.75) is 24.7 Å². The van der Waals surface area contributed by atoms with Crippen molar-refractivity contribution in [1.29, 1.82) is 0 Å². The van der Waals surface area contributed by atoms with Gasteiger partial charge in [0, 0.05) is 38.3 Å². The van der Waals surface area contributed by atoms with Crippen LogP contribution >= 0.6 is 0 Å². The van der Waals surface area contributed by atoms with Crippen LogP contribution in [0.5, 0.6) is 0 Å². The van der Waals surface area contributed by atoms with E-state index < -0.39 is 18.3 Å². The third-order valence-corrected chi connectivity index (χ3v) is 6.04. The summed E-state index contributed by atoms with van der Waals surface area (Å²) in [7, 11) is 0. The second-order valence-corrected chi connectivity index (χ2v) is 7.97. The van der Waals surface area contributed by atoms with Crippen LogP contribution in [0.1, 0.15) is 34.6 Å². The molecule has 3 aromatic rings. The van der Waals surface area contributed by atoms with E-state index in [0.717, 1.165) is 10.4 Å². The quantitative estimate of drug-likeness (QED) is 0.658. The van der Waals surface area contributed by atoms with Crippen molar-refractivity contribution < 1.29 is 22.4 Å². The predicted octanol–water partition coefficient (Wildman–Crippen LogP) is 4.10. The summed E-state index contributed by atoms with van der Waals surface area (Å²) in [6, 6.07) is 10.6. The molecular weight excluding hydrogens is 423 g/mol. The Balaban J connectivity index is 1.38. The average molecular weight is 445 g/mol. The summed E-state index contributed by atoms with van der Waals surface area (Å²) in [5.41, 5.74) is 1.22. The number of halogens is 3. The average Bonchev–Trinajstić information content (AvgIpc) is 3.48. The molecule has 2 aliphatic rings. The Kier molecular flexibility index (Phi) is 5.07. The molecule has 10 heteroatoms. The van der Waals surface area contributed by atoms with Crippen molar-refractivity contribution in [3.05, 3.63) is 66.2 Å². The summed E-state index contributed by atoms with van der Waals surface area (Å²) in [5.74, 6) is 0.143. The fraction of sp³-hybridized carbons (Fsp3) is 0.364. The first-order valence-electron chi connectivity index (χ1n) is 10.5. The molecule has 2 atom stereocenters. The molecule has 7 nitrogen and oxygen atoms in total. The number of fused-ring (bicyclic) bond motifs is 1. The first-order valence-corrected chi connectivity index (χ1v) is 10.5. The van der Waals surface area contributed by atoms with Gasteiger partial charge in [-0.25, -0.2) is 4.68 Å². The minimum Gasteiger partial charge on any atom is -0.467 e. The lowest BCUT2D eigenvalue weighted by molar-refractivity contribution is -0.174. The number of anilines is 2. The zero-order valence-corrected chi connectivity index (χ0v) is 17.1. The Morgan fingerprint density at radius 2 is 1.81 bits per heavy atom. The van der Waals surface area contributed by atoms with E-state index in [0.29, 0.717) is 31.9 Å². The fourth-order valence-corrected chi connectivity index (χ4v) is 4.37. The maximum atomic E-state index is 13.8. The number of rotatable bonds is 3. The largest absolute Gasteiger partial charge is 0.467 e. The molecule has 4 heterocycles. The summed E-state index contributed by atoms with van der Waals surface area (Å²) >= 11 is 0. The van der Waals surface area contributed by atoms with E-state index in [1.165, 1.54) is 12.5 Å². The van der Waals surface area contributed by atoms with Crippen molar-refractivity contribution in [3.8, 4) is 0 Å². The van der Waals surface area contributed by atoms with Gasteiger partial charge in [0.2, 0.25) is 0 Å². The number of nitrogens with one attached hydrogen (secondary N) is 1. The van der Waals surface area contributed by atoms with Gasteiger partial charge in [0.1, 0.15) is 17.1 Å². The van der Waals surface area contributed by atoms with E-state index in [9.17, 15) is 18.0 Å². The van der Waals surface area contributed by atoms with Gasteiger partial charge in [-0.1, -0.05) is 18.2 Å². The minimum atomic E-state index is -4.50. The molecule has 1 amide bonds. The van der Waals surface area contributed by atoms with Crippen molar-refractivity contribution in [2.75, 3.05) is 36.4 Å². The van der Waals surface area contributed by atoms with Gasteiger partial charge in [0.25, 0.3) is 5.91 Å². The number of carbonyl (C=O) groups excluding carboxylic acids is 1. The molecule has 0 aliphatic carbocycles. The molecule has 1 aromatic carbocycles. The molecule has 32 heavy (non-hydrogen) atoms. The summed E-state index contributed by atoms with van der Waals surface area (Å²) in [4.78, 5) is 17.1. The number of para-hydroxylation sites is 1. The Bertz CT molecular complexity index is 1070. The van der Waals surface area contributed by atoms with Crippen LogP contribution < -0.4 is 10.2 Å². The molecule has 0 unspecified atom stereocenters. The molecule has 5 rings (SSSR count). The maximum Gasteiger partial charge on any atom is 0.410 e. The lowest BCUT2D eigenvalue weighted by Crippen LogP contribution is -2.49. The Morgan fingerprint density at radius 3 is 2.47 bits per heavy atom. The van der Waals surface area contributed by atoms with E-state index in [4.69, 9.17) is 4.42 Å². The zero-order valence-electron chi connectivity index (χ0n) is 17.1. The number of hydrogen-bond donors (Lipinski definition) is 1. The van der Waals surface area contributed by atoms with Gasteiger partial charge >= 0.3 is 6.18 Å². The normalized spacial score (nSPS) is 21.2. The van der Waals surface area contributed by atoms with Crippen LogP contribution in [0.3, 0.4) is 0 Å². The van der Waals surface area contributed by atoms with E-state index in [2.05, 4.69) is 15.3 Å². The smallest absolute Gasteiger partial charge is 0.410 e. The van der Waals surface area contributed by atoms with Crippen LogP contribution in [0.2, 0.25) is 0 Å². The number of aromatic nitrogens is 2. The summed E-state index contributed by atoms with van der Waals surface area (Å²) in [6.07, 6.45) is -2.12. The Hall–Kier alpha value is -3.43. The fourth-order valence-electron chi connectivity index (χ4n) is 4.37. The van der Waals surface area contributed by atoms with E-state index in [1.54, 1.807) is 17.0 Å². The third kappa shape index (κ3) is 3.69. The van der Waals surface area contributed by atoms with Gasteiger partial charge in [-0.2, -0.15) is 18.3 Å². The van der Waals surface area contributed by atoms with Gasteiger partial charge in [0.15, 0.2) is 6.04 Å². The number of alkyl halides is 3. The summed E-state index contributed by atoms with van der Waals surface area (Å²) < 4.78 is 47.6. The van der Waals surface area contributed by atoms with Gasteiger partial charge in [-0.3, -0.25) is 4.79 Å². The minimum absolute atomic E-state index is 0.0791. The Labute approximate surface area is 182 Å². The van der Waals surface area contributed by atoms with E-state index in [1.807, 2.05) is 30.3 Å². The number of hydrogen-bond acceptors (Lipinski definition) is 5. The standard InChI is InChI=1S/C22H22F3N5O2/c23-22(24,25)19-13-17(18-7-4-12-32-18)27-20-16(14-26-30(19)20)21(31)29-10-8-28(9-11-29)15-5-2-1-3-6-15/h1-7,12,14,17,19,27H,8-11,13H2/t17-,19+/m0/s1. The second kappa shape index (κ2) is 7.92. The van der Waals surface area contributed by atoms with Crippen LogP contribution in [-0.4, -0.2) is 52.9 Å². The van der Waals surface area contributed by atoms with Crippen LogP contribution in [0.25, 0.3) is 0 Å². The number of furan rings is 1. The SMILES string of the molecule is O=C(c1cnn2c1N[C@H](c1ccco1)C[C@@H]2C(F)(F)F)N1CCN(c2ccccc2)CC1. The summed E-state index contributed by atoms with van der Waals surface area (Å²) in [6.45, 7) is 2.24. The van der Waals surface area contributed by atoms with Crippen molar-refractivity contribution >= 4 is 17.4 Å². The molecule has 1 fully saturated rings. The zero-order chi connectivity index (χ0) is 22.3. The number of carbonyl (C=O) groups is 1. The molecule has 0 radical (unpaired) electrons. The second-order valence-electron chi connectivity index (χ2n) is 7.97. The molecular formula is C22H22F3N5O2. The summed E-state index contributed by atoms with van der Waals surface area (Å²) in [5, 5.41) is 7.00. The molecule has 0 saturated carbocycles. The van der Waals surface area contributed by atoms with Crippen molar-refractivity contribution in [3.63, 3.8) is 0 Å². The number of benzene rings is 1. The molecule has 0 bridgehead atoms. The van der Waals surface area contributed by atoms with E-state index in [-0.39, 0.29) is 23.7 Å². The first-order chi connectivity index (χ1) is 15.4. The van der Waals surface area contributed by atoms with Crippen molar-refractivity contribution in [2.24, 2.45) is 0 Å². The lowest BCUT2D eigenvalue weighted by Gasteiger charge is -2.36. The first kappa shape index (κ1) is 20.5. The molecule has 168 valence electrons. The van der Waals surface area contributed by atoms with Crippen LogP contribution in [0.4, 0.5) is 24.7 Å². The third-order valence-electron chi connectivity index (χ3n) is 6.04. The molecule has 1 saturated heterocycles. The van der Waals surface area contributed by atoms with Crippen LogP contribution in [-0.2, 0) is 0 Å². The monoisotopic (exact) mass is 445 g/mol. The highest BCUT2D eigenvalue weighted by Gasteiger charge is 2.48. The predicted molar refractivity (Wildman–Crippen MR) is 112 cm³/mol. The molecule has 2 aromatic heterocycles. The van der Waals surface area contributed by atoms with Gasteiger partial charge in [0.05, 0.1) is 18.5 Å². The topological polar surface area (TPSA) is 66.5 Å². The number of amides is 1. The highest BCUT2D eigenvalue weighted by atomic mass is 19.4. The van der Waals surface area contributed by atoms with Crippen LogP contribution in [0, 0.1) is 0 Å². The number of nitrogens with zero attached hydrogens (tertiary/aromatic N) is 4. The molecule has 1 N–H and O–H groups in total. The molecule has 0 spiro atoms. The highest BCUT2D eigenvalue weighted by molar-refractivity contribution is 5.99. The maximum absolute atomic E-state index is 13.8. The highest BCUT2D eigenvalue weighted by Crippen LogP contribution is 2.44. The Morgan fingerprint density at radius 1 is 1.06 bits per heavy atom. The molecule has 2 aliphatic heterocycles. The van der Waals surface area contributed by atoms with Crippen LogP contribution in [0.15, 0.2) is 59.3 Å². The lowest BCUT2D eigenvalue weighted by atomic mass is 10.0. The van der Waals surface area contributed by atoms with Gasteiger partial charge < -0.3 is 19.5 Å². The number of piperazine rings is 1. The van der Waals surface area contributed by atoms with Gasteiger partial charge in [-0.15, -0.1) is 0 Å². The van der Waals surface area contributed by atoms with Crippen molar-refractivity contribution in [1.82, 2.24) is 14.7 Å². The van der Waals surface area contributed by atoms with E-state index >= 15 is 0 Å².